The smallest absolute Gasteiger partial charge is 0.242 e. The largest absolute Gasteiger partial charge is 0.392 e. The summed E-state index contributed by atoms with van der Waals surface area (Å²) in [4.78, 5) is 12.1. The van der Waals surface area contributed by atoms with Crippen LogP contribution >= 0.6 is 0 Å². The van der Waals surface area contributed by atoms with E-state index in [1.54, 1.807) is 0 Å². The Morgan fingerprint density at radius 2 is 1.86 bits per heavy atom. The molecule has 0 aromatic heterocycles. The molecule has 2 aromatic rings. The van der Waals surface area contributed by atoms with Crippen LogP contribution < -0.4 is 10.6 Å². The fourth-order valence-electron chi connectivity index (χ4n) is 2.12. The van der Waals surface area contributed by atoms with Crippen LogP contribution in [0.15, 0.2) is 48.5 Å². The van der Waals surface area contributed by atoms with E-state index in [2.05, 4.69) is 10.6 Å². The van der Waals surface area contributed by atoms with Crippen LogP contribution in [0.1, 0.15) is 23.6 Å². The van der Waals surface area contributed by atoms with Crippen LogP contribution in [0.2, 0.25) is 0 Å². The molecular formula is C18H22N2O2. The van der Waals surface area contributed by atoms with Crippen molar-refractivity contribution in [3.05, 3.63) is 65.2 Å². The Hall–Kier alpha value is -2.33. The van der Waals surface area contributed by atoms with E-state index in [9.17, 15) is 4.79 Å². The fourth-order valence-corrected chi connectivity index (χ4v) is 2.12. The van der Waals surface area contributed by atoms with Crippen molar-refractivity contribution in [3.8, 4) is 0 Å². The summed E-state index contributed by atoms with van der Waals surface area (Å²) in [5.41, 5.74) is 3.92. The number of carbonyl (C=O) groups is 1. The van der Waals surface area contributed by atoms with Gasteiger partial charge >= 0.3 is 0 Å². The van der Waals surface area contributed by atoms with Crippen molar-refractivity contribution in [1.82, 2.24) is 5.32 Å². The zero-order valence-electron chi connectivity index (χ0n) is 13.0. The van der Waals surface area contributed by atoms with Gasteiger partial charge in [-0.05, 0) is 37.1 Å². The van der Waals surface area contributed by atoms with Crippen LogP contribution in [0.3, 0.4) is 0 Å². The van der Waals surface area contributed by atoms with E-state index in [1.807, 2.05) is 62.4 Å². The number of nitrogens with one attached hydrogen (secondary N) is 2. The molecule has 3 N–H and O–H groups in total. The maximum Gasteiger partial charge on any atom is 0.242 e. The van der Waals surface area contributed by atoms with Gasteiger partial charge in [-0.25, -0.2) is 0 Å². The van der Waals surface area contributed by atoms with Crippen molar-refractivity contribution in [2.24, 2.45) is 0 Å². The minimum absolute atomic E-state index is 0.0104. The van der Waals surface area contributed by atoms with Crippen LogP contribution in [-0.2, 0) is 17.9 Å². The predicted molar refractivity (Wildman–Crippen MR) is 88.5 cm³/mol. The van der Waals surface area contributed by atoms with Gasteiger partial charge in [0, 0.05) is 12.2 Å². The van der Waals surface area contributed by atoms with E-state index in [0.717, 1.165) is 16.8 Å². The van der Waals surface area contributed by atoms with Crippen molar-refractivity contribution in [2.45, 2.75) is 33.0 Å². The van der Waals surface area contributed by atoms with Crippen LogP contribution in [0, 0.1) is 6.92 Å². The number of aliphatic hydroxyl groups is 1. The number of aliphatic hydroxyl groups excluding tert-OH is 1. The Morgan fingerprint density at radius 3 is 2.55 bits per heavy atom. The van der Waals surface area contributed by atoms with Crippen LogP contribution in [-0.4, -0.2) is 17.1 Å². The summed E-state index contributed by atoms with van der Waals surface area (Å²) in [6.45, 7) is 4.36. The van der Waals surface area contributed by atoms with Crippen molar-refractivity contribution in [2.75, 3.05) is 5.32 Å². The molecule has 4 heteroatoms. The van der Waals surface area contributed by atoms with Gasteiger partial charge in [-0.15, -0.1) is 0 Å². The molecule has 116 valence electrons. The Kier molecular flexibility index (Phi) is 5.55. The van der Waals surface area contributed by atoms with E-state index < -0.39 is 0 Å². The summed E-state index contributed by atoms with van der Waals surface area (Å²) in [5, 5.41) is 15.2. The number of anilines is 1. The lowest BCUT2D eigenvalue weighted by Gasteiger charge is -2.16. The first-order valence-electron chi connectivity index (χ1n) is 7.38. The van der Waals surface area contributed by atoms with E-state index in [0.29, 0.717) is 6.54 Å². The van der Waals surface area contributed by atoms with Gasteiger partial charge in [0.15, 0.2) is 0 Å². The molecule has 1 amide bonds. The standard InChI is InChI=1S/C18H22N2O2/c1-13-6-8-15(9-7-13)11-19-18(22)14(2)20-17-5-3-4-16(10-17)12-21/h3-10,14,20-21H,11-12H2,1-2H3,(H,19,22). The van der Waals surface area contributed by atoms with Gasteiger partial charge < -0.3 is 15.7 Å². The molecule has 0 saturated carbocycles. The van der Waals surface area contributed by atoms with E-state index in [1.165, 1.54) is 5.56 Å². The molecule has 22 heavy (non-hydrogen) atoms. The number of carbonyl (C=O) groups excluding carboxylic acids is 1. The zero-order valence-corrected chi connectivity index (χ0v) is 13.0. The van der Waals surface area contributed by atoms with Crippen LogP contribution in [0.25, 0.3) is 0 Å². The third-order valence-corrected chi connectivity index (χ3v) is 3.47. The molecule has 0 aliphatic heterocycles. The van der Waals surface area contributed by atoms with Crippen molar-refractivity contribution < 1.29 is 9.90 Å². The number of benzene rings is 2. The summed E-state index contributed by atoms with van der Waals surface area (Å²) in [6, 6.07) is 15.1. The second-order valence-corrected chi connectivity index (χ2v) is 5.43. The molecule has 0 radical (unpaired) electrons. The third kappa shape index (κ3) is 4.60. The monoisotopic (exact) mass is 298 g/mol. The Balaban J connectivity index is 1.87. The first-order chi connectivity index (χ1) is 10.6. The molecule has 1 unspecified atom stereocenters. The van der Waals surface area contributed by atoms with E-state index in [-0.39, 0.29) is 18.6 Å². The summed E-state index contributed by atoms with van der Waals surface area (Å²) < 4.78 is 0. The minimum atomic E-state index is -0.348. The third-order valence-electron chi connectivity index (χ3n) is 3.47. The van der Waals surface area contributed by atoms with Crippen LogP contribution in [0.4, 0.5) is 5.69 Å². The molecule has 0 bridgehead atoms. The summed E-state index contributed by atoms with van der Waals surface area (Å²) in [5.74, 6) is -0.0602. The summed E-state index contributed by atoms with van der Waals surface area (Å²) in [7, 11) is 0. The molecule has 0 heterocycles. The lowest BCUT2D eigenvalue weighted by atomic mass is 10.1. The number of aryl methyl sites for hydroxylation is 1. The van der Waals surface area contributed by atoms with Gasteiger partial charge in [-0.2, -0.15) is 0 Å². The average Bonchev–Trinajstić information content (AvgIpc) is 2.54. The summed E-state index contributed by atoms with van der Waals surface area (Å²) >= 11 is 0. The number of amides is 1. The lowest BCUT2D eigenvalue weighted by Crippen LogP contribution is -2.37. The minimum Gasteiger partial charge on any atom is -0.392 e. The van der Waals surface area contributed by atoms with E-state index in [4.69, 9.17) is 5.11 Å². The molecule has 2 rings (SSSR count). The Bertz CT molecular complexity index is 623. The second kappa shape index (κ2) is 7.61. The molecule has 0 aliphatic carbocycles. The van der Waals surface area contributed by atoms with Gasteiger partial charge in [0.2, 0.25) is 5.91 Å². The van der Waals surface area contributed by atoms with Gasteiger partial charge in [0.1, 0.15) is 6.04 Å². The highest BCUT2D eigenvalue weighted by atomic mass is 16.3. The zero-order chi connectivity index (χ0) is 15.9. The molecule has 0 saturated heterocycles. The van der Waals surface area contributed by atoms with Gasteiger partial charge in [-0.1, -0.05) is 42.0 Å². The molecule has 4 nitrogen and oxygen atoms in total. The van der Waals surface area contributed by atoms with Gasteiger partial charge in [0.05, 0.1) is 6.61 Å². The molecule has 0 fully saturated rings. The number of hydrogen-bond acceptors (Lipinski definition) is 3. The van der Waals surface area contributed by atoms with Crippen molar-refractivity contribution in [1.29, 1.82) is 0 Å². The second-order valence-electron chi connectivity index (χ2n) is 5.43. The fraction of sp³-hybridized carbons (Fsp3) is 0.278. The highest BCUT2D eigenvalue weighted by Gasteiger charge is 2.12. The SMILES string of the molecule is Cc1ccc(CNC(=O)C(C)Nc2cccc(CO)c2)cc1. The van der Waals surface area contributed by atoms with Gasteiger partial charge in [-0.3, -0.25) is 4.79 Å². The normalized spacial score (nSPS) is 11.8. The quantitative estimate of drug-likeness (QED) is 0.768. The maximum absolute atomic E-state index is 12.1. The first-order valence-corrected chi connectivity index (χ1v) is 7.38. The van der Waals surface area contributed by atoms with Crippen molar-refractivity contribution in [3.63, 3.8) is 0 Å². The Labute approximate surface area is 131 Å². The topological polar surface area (TPSA) is 61.4 Å². The number of hydrogen-bond donors (Lipinski definition) is 3. The molecule has 2 aromatic carbocycles. The predicted octanol–water partition coefficient (Wildman–Crippen LogP) is 2.60. The molecular weight excluding hydrogens is 276 g/mol. The summed E-state index contributed by atoms with van der Waals surface area (Å²) in [6.07, 6.45) is 0. The maximum atomic E-state index is 12.1. The number of rotatable bonds is 6. The van der Waals surface area contributed by atoms with Gasteiger partial charge in [0.25, 0.3) is 0 Å². The average molecular weight is 298 g/mol. The molecule has 0 aliphatic rings. The Morgan fingerprint density at radius 1 is 1.14 bits per heavy atom. The highest BCUT2D eigenvalue weighted by molar-refractivity contribution is 5.84. The van der Waals surface area contributed by atoms with Crippen molar-refractivity contribution >= 4 is 11.6 Å². The first kappa shape index (κ1) is 16.0. The highest BCUT2D eigenvalue weighted by Crippen LogP contribution is 2.12. The lowest BCUT2D eigenvalue weighted by molar-refractivity contribution is -0.121. The van der Waals surface area contributed by atoms with E-state index >= 15 is 0 Å². The molecule has 1 atom stereocenters. The van der Waals surface area contributed by atoms with Crippen LogP contribution in [0.5, 0.6) is 0 Å². The molecule has 0 spiro atoms.